The Balaban J connectivity index is 1.64. The lowest BCUT2D eigenvalue weighted by Gasteiger charge is -2.36. The molecule has 0 aromatic heterocycles. The zero-order valence-corrected chi connectivity index (χ0v) is 16.8. The molecular weight excluding hydrogens is 352 g/mol. The number of ether oxygens (including phenoxy) is 1. The van der Waals surface area contributed by atoms with Gasteiger partial charge >= 0.3 is 0 Å². The van der Waals surface area contributed by atoms with Gasteiger partial charge in [0.05, 0.1) is 19.6 Å². The van der Waals surface area contributed by atoms with Crippen LogP contribution in [0.15, 0.2) is 42.5 Å². The highest BCUT2D eigenvalue weighted by atomic mass is 16.5. The van der Waals surface area contributed by atoms with Crippen LogP contribution in [0.25, 0.3) is 0 Å². The molecule has 0 spiro atoms. The maximum Gasteiger partial charge on any atom is 0.222 e. The van der Waals surface area contributed by atoms with E-state index >= 15 is 0 Å². The lowest BCUT2D eigenvalue weighted by molar-refractivity contribution is -0.133. The average molecular weight is 380 g/mol. The van der Waals surface area contributed by atoms with Crippen LogP contribution in [0.5, 0.6) is 5.75 Å². The second-order valence-electron chi connectivity index (χ2n) is 7.30. The van der Waals surface area contributed by atoms with Crippen molar-refractivity contribution in [3.63, 3.8) is 0 Å². The van der Waals surface area contributed by atoms with E-state index in [0.29, 0.717) is 19.5 Å². The molecule has 0 saturated heterocycles. The minimum absolute atomic E-state index is 0.0109. The number of carbonyl (C=O) groups is 2. The van der Waals surface area contributed by atoms with Gasteiger partial charge in [-0.25, -0.2) is 0 Å². The van der Waals surface area contributed by atoms with Gasteiger partial charge in [-0.2, -0.15) is 0 Å². The molecule has 5 heteroatoms. The molecule has 1 aliphatic heterocycles. The third-order valence-corrected chi connectivity index (χ3v) is 5.35. The normalized spacial score (nSPS) is 15.7. The molecule has 0 aliphatic carbocycles. The summed E-state index contributed by atoms with van der Waals surface area (Å²) in [5.74, 6) is 0.806. The smallest absolute Gasteiger partial charge is 0.222 e. The fourth-order valence-corrected chi connectivity index (χ4v) is 3.94. The number of methoxy groups -OCH3 is 1. The molecule has 1 aliphatic rings. The zero-order valence-electron chi connectivity index (χ0n) is 16.8. The number of nitrogens with one attached hydrogen (secondary N) is 1. The van der Waals surface area contributed by atoms with Crippen LogP contribution in [0, 0.1) is 6.92 Å². The van der Waals surface area contributed by atoms with Crippen LogP contribution in [0.4, 0.5) is 0 Å². The number of rotatable bonds is 6. The Labute approximate surface area is 166 Å². The van der Waals surface area contributed by atoms with Crippen molar-refractivity contribution < 1.29 is 14.3 Å². The molecule has 0 bridgehead atoms. The van der Waals surface area contributed by atoms with Crippen LogP contribution in [0.2, 0.25) is 0 Å². The predicted molar refractivity (Wildman–Crippen MR) is 109 cm³/mol. The quantitative estimate of drug-likeness (QED) is 0.837. The van der Waals surface area contributed by atoms with E-state index in [9.17, 15) is 9.59 Å². The monoisotopic (exact) mass is 380 g/mol. The van der Waals surface area contributed by atoms with Crippen molar-refractivity contribution in [2.24, 2.45) is 0 Å². The van der Waals surface area contributed by atoms with Crippen molar-refractivity contribution in [2.45, 2.75) is 39.2 Å². The van der Waals surface area contributed by atoms with Gasteiger partial charge in [-0.15, -0.1) is 0 Å². The Morgan fingerprint density at radius 1 is 1.21 bits per heavy atom. The first kappa shape index (κ1) is 19.9. The standard InChI is InChI=1S/C23H28N2O3/c1-16-8-9-22(28-3)19(14-16)10-12-24-23(27)15-21-20-7-5-4-6-18(20)11-13-25(21)17(2)26/h4-9,14,21H,10-13,15H2,1-3H3,(H,24,27). The lowest BCUT2D eigenvalue weighted by atomic mass is 9.90. The van der Waals surface area contributed by atoms with E-state index in [2.05, 4.69) is 17.4 Å². The Morgan fingerprint density at radius 2 is 2.00 bits per heavy atom. The van der Waals surface area contributed by atoms with Gasteiger partial charge in [0.15, 0.2) is 0 Å². The molecule has 1 heterocycles. The summed E-state index contributed by atoms with van der Waals surface area (Å²) in [6, 6.07) is 13.9. The number of benzene rings is 2. The van der Waals surface area contributed by atoms with E-state index < -0.39 is 0 Å². The van der Waals surface area contributed by atoms with Crippen molar-refractivity contribution in [1.82, 2.24) is 10.2 Å². The molecular formula is C23H28N2O3. The second kappa shape index (κ2) is 8.91. The molecule has 2 aromatic carbocycles. The number of amides is 2. The van der Waals surface area contributed by atoms with E-state index in [1.54, 1.807) is 14.0 Å². The van der Waals surface area contributed by atoms with Gasteiger partial charge in [0.1, 0.15) is 5.75 Å². The zero-order chi connectivity index (χ0) is 20.1. The summed E-state index contributed by atoms with van der Waals surface area (Å²) in [6.45, 7) is 4.80. The summed E-state index contributed by atoms with van der Waals surface area (Å²) >= 11 is 0. The fraction of sp³-hybridized carbons (Fsp3) is 0.391. The van der Waals surface area contributed by atoms with Crippen molar-refractivity contribution in [3.8, 4) is 5.75 Å². The summed E-state index contributed by atoms with van der Waals surface area (Å²) < 4.78 is 5.40. The Hall–Kier alpha value is -2.82. The first-order chi connectivity index (χ1) is 13.5. The van der Waals surface area contributed by atoms with Crippen LogP contribution in [-0.2, 0) is 22.4 Å². The van der Waals surface area contributed by atoms with Crippen LogP contribution >= 0.6 is 0 Å². The van der Waals surface area contributed by atoms with E-state index in [1.165, 1.54) is 5.56 Å². The molecule has 1 N–H and O–H groups in total. The van der Waals surface area contributed by atoms with Crippen molar-refractivity contribution in [1.29, 1.82) is 0 Å². The molecule has 0 radical (unpaired) electrons. The maximum absolute atomic E-state index is 12.6. The van der Waals surface area contributed by atoms with Crippen LogP contribution in [0.3, 0.4) is 0 Å². The number of hydrogen-bond donors (Lipinski definition) is 1. The largest absolute Gasteiger partial charge is 0.496 e. The van der Waals surface area contributed by atoms with Gasteiger partial charge in [0.25, 0.3) is 0 Å². The average Bonchev–Trinajstić information content (AvgIpc) is 2.68. The Bertz CT molecular complexity index is 863. The molecule has 3 rings (SSSR count). The first-order valence-electron chi connectivity index (χ1n) is 9.75. The minimum Gasteiger partial charge on any atom is -0.496 e. The summed E-state index contributed by atoms with van der Waals surface area (Å²) in [5.41, 5.74) is 4.55. The number of aryl methyl sites for hydroxylation is 1. The number of hydrogen-bond acceptors (Lipinski definition) is 3. The fourth-order valence-electron chi connectivity index (χ4n) is 3.94. The van der Waals surface area contributed by atoms with Crippen molar-refractivity contribution in [3.05, 3.63) is 64.7 Å². The Kier molecular flexibility index (Phi) is 6.34. The van der Waals surface area contributed by atoms with Gasteiger partial charge < -0.3 is 15.0 Å². The summed E-state index contributed by atoms with van der Waals surface area (Å²) in [7, 11) is 1.66. The van der Waals surface area contributed by atoms with E-state index in [4.69, 9.17) is 4.74 Å². The Morgan fingerprint density at radius 3 is 2.75 bits per heavy atom. The molecule has 0 fully saturated rings. The van der Waals surface area contributed by atoms with Gasteiger partial charge in [-0.05, 0) is 42.5 Å². The molecule has 28 heavy (non-hydrogen) atoms. The molecule has 2 aromatic rings. The highest BCUT2D eigenvalue weighted by Gasteiger charge is 2.30. The molecule has 5 nitrogen and oxygen atoms in total. The third kappa shape index (κ3) is 4.53. The topological polar surface area (TPSA) is 58.6 Å². The third-order valence-electron chi connectivity index (χ3n) is 5.35. The number of nitrogens with zero attached hydrogens (tertiary/aromatic N) is 1. The molecule has 1 unspecified atom stereocenters. The summed E-state index contributed by atoms with van der Waals surface area (Å²) in [4.78, 5) is 26.5. The van der Waals surface area contributed by atoms with Gasteiger partial charge in [-0.3, -0.25) is 9.59 Å². The summed E-state index contributed by atoms with van der Waals surface area (Å²) in [6.07, 6.45) is 1.82. The predicted octanol–water partition coefficient (Wildman–Crippen LogP) is 3.20. The number of fused-ring (bicyclic) bond motifs is 1. The highest BCUT2D eigenvalue weighted by Crippen LogP contribution is 2.32. The lowest BCUT2D eigenvalue weighted by Crippen LogP contribution is -2.41. The molecule has 148 valence electrons. The molecule has 0 saturated carbocycles. The summed E-state index contributed by atoms with van der Waals surface area (Å²) in [5, 5.41) is 3.01. The van der Waals surface area contributed by atoms with Gasteiger partial charge in [-0.1, -0.05) is 42.0 Å². The maximum atomic E-state index is 12.6. The van der Waals surface area contributed by atoms with E-state index in [1.807, 2.05) is 42.2 Å². The van der Waals surface area contributed by atoms with Crippen molar-refractivity contribution in [2.75, 3.05) is 20.2 Å². The van der Waals surface area contributed by atoms with Crippen molar-refractivity contribution >= 4 is 11.8 Å². The number of carbonyl (C=O) groups excluding carboxylic acids is 2. The van der Waals surface area contributed by atoms with E-state index in [0.717, 1.165) is 28.9 Å². The highest BCUT2D eigenvalue weighted by molar-refractivity contribution is 5.79. The first-order valence-corrected chi connectivity index (χ1v) is 9.75. The molecule has 1 atom stereocenters. The van der Waals surface area contributed by atoms with Crippen LogP contribution in [0.1, 0.15) is 41.6 Å². The van der Waals surface area contributed by atoms with Gasteiger partial charge in [0, 0.05) is 20.0 Å². The van der Waals surface area contributed by atoms with Crippen LogP contribution in [-0.4, -0.2) is 36.9 Å². The van der Waals surface area contributed by atoms with Crippen LogP contribution < -0.4 is 10.1 Å². The van der Waals surface area contributed by atoms with E-state index in [-0.39, 0.29) is 24.3 Å². The molecule has 2 amide bonds. The second-order valence-corrected chi connectivity index (χ2v) is 7.30. The SMILES string of the molecule is COc1ccc(C)cc1CCNC(=O)CC1c2ccccc2CCN1C(C)=O. The van der Waals surface area contributed by atoms with Gasteiger partial charge in [0.2, 0.25) is 11.8 Å². The minimum atomic E-state index is -0.198.